The maximum Gasteiger partial charge on any atom is 0.396 e. The van der Waals surface area contributed by atoms with Crippen LogP contribution in [0, 0.1) is 19.8 Å². The van der Waals surface area contributed by atoms with Crippen LogP contribution in [0.3, 0.4) is 0 Å². The zero-order chi connectivity index (χ0) is 19.2. The second kappa shape index (κ2) is 6.63. The van der Waals surface area contributed by atoms with Gasteiger partial charge in [0, 0.05) is 24.7 Å². The van der Waals surface area contributed by atoms with Gasteiger partial charge in [-0.05, 0) is 26.2 Å². The maximum absolute atomic E-state index is 13.6. The first kappa shape index (κ1) is 19.8. The van der Waals surface area contributed by atoms with Crippen LogP contribution in [0.25, 0.3) is 0 Å². The summed E-state index contributed by atoms with van der Waals surface area (Å²) in [5.74, 6) is -2.21. The maximum atomic E-state index is 13.6. The van der Waals surface area contributed by atoms with Gasteiger partial charge in [-0.3, -0.25) is 9.48 Å². The van der Waals surface area contributed by atoms with Crippen molar-refractivity contribution >= 4 is 5.91 Å². The average Bonchev–Trinajstić information content (AvgIpc) is 2.65. The highest BCUT2D eigenvalue weighted by atomic mass is 19.4. The van der Waals surface area contributed by atoms with Crippen LogP contribution in [0.2, 0.25) is 0 Å². The number of rotatable bonds is 5. The lowest BCUT2D eigenvalue weighted by molar-refractivity contribution is -0.172. The van der Waals surface area contributed by atoms with E-state index < -0.39 is 30.0 Å². The molecule has 1 saturated heterocycles. The number of β-amino-alcohol motifs (C(OH)–C–C–N with tert-alkyl or cyclic N) is 1. The van der Waals surface area contributed by atoms with Crippen LogP contribution in [0.15, 0.2) is 0 Å². The van der Waals surface area contributed by atoms with Crippen LogP contribution in [0.4, 0.5) is 13.2 Å². The molecule has 1 N–H and O–H groups in total. The van der Waals surface area contributed by atoms with Crippen molar-refractivity contribution in [1.29, 1.82) is 0 Å². The minimum atomic E-state index is -4.53. The topological polar surface area (TPSA) is 58.4 Å². The van der Waals surface area contributed by atoms with Gasteiger partial charge in [0.1, 0.15) is 0 Å². The van der Waals surface area contributed by atoms with Gasteiger partial charge in [0.25, 0.3) is 0 Å². The molecule has 0 spiro atoms. The van der Waals surface area contributed by atoms with Crippen molar-refractivity contribution in [2.24, 2.45) is 13.0 Å². The molecule has 5 nitrogen and oxygen atoms in total. The van der Waals surface area contributed by atoms with Gasteiger partial charge in [-0.15, -0.1) is 0 Å². The Labute approximate surface area is 145 Å². The van der Waals surface area contributed by atoms with Crippen molar-refractivity contribution in [1.82, 2.24) is 14.7 Å². The second-order valence-electron chi connectivity index (χ2n) is 7.58. The van der Waals surface area contributed by atoms with Gasteiger partial charge in [0.15, 0.2) is 0 Å². The molecule has 1 amide bonds. The summed E-state index contributed by atoms with van der Waals surface area (Å²) < 4.78 is 42.2. The lowest BCUT2D eigenvalue weighted by Crippen LogP contribution is -2.64. The molecule has 0 bridgehead atoms. The van der Waals surface area contributed by atoms with Crippen molar-refractivity contribution in [3.05, 3.63) is 17.0 Å². The number of carbonyl (C=O) groups excluding carboxylic acids is 1. The molecule has 1 unspecified atom stereocenters. The highest BCUT2D eigenvalue weighted by Crippen LogP contribution is 2.41. The number of nitrogens with zero attached hydrogens (tertiary/aromatic N) is 3. The van der Waals surface area contributed by atoms with Crippen molar-refractivity contribution in [2.75, 3.05) is 13.1 Å². The number of aliphatic hydroxyl groups is 1. The number of aromatic nitrogens is 2. The third-order valence-corrected chi connectivity index (χ3v) is 4.80. The molecule has 0 radical (unpaired) electrons. The highest BCUT2D eigenvalue weighted by Gasteiger charge is 2.48. The van der Waals surface area contributed by atoms with E-state index in [4.69, 9.17) is 0 Å². The van der Waals surface area contributed by atoms with E-state index in [1.807, 2.05) is 13.8 Å². The van der Waals surface area contributed by atoms with Crippen LogP contribution in [-0.4, -0.2) is 50.6 Å². The average molecular weight is 361 g/mol. The molecule has 1 atom stereocenters. The predicted molar refractivity (Wildman–Crippen MR) is 87.1 cm³/mol. The smallest absolute Gasteiger partial charge is 0.386 e. The number of amides is 1. The Balaban J connectivity index is 2.13. The number of carbonyl (C=O) groups is 1. The summed E-state index contributed by atoms with van der Waals surface area (Å²) in [4.78, 5) is 13.7. The third-order valence-electron chi connectivity index (χ3n) is 4.80. The van der Waals surface area contributed by atoms with Crippen molar-refractivity contribution in [3.63, 3.8) is 0 Å². The lowest BCUT2D eigenvalue weighted by Gasteiger charge is -2.47. The minimum absolute atomic E-state index is 0.0707. The fourth-order valence-electron chi connectivity index (χ4n) is 3.71. The Morgan fingerprint density at radius 1 is 1.32 bits per heavy atom. The second-order valence-corrected chi connectivity index (χ2v) is 7.58. The number of hydrogen-bond donors (Lipinski definition) is 1. The van der Waals surface area contributed by atoms with E-state index in [-0.39, 0.29) is 30.3 Å². The van der Waals surface area contributed by atoms with Gasteiger partial charge < -0.3 is 10.0 Å². The summed E-state index contributed by atoms with van der Waals surface area (Å²) in [7, 11) is 1.59. The van der Waals surface area contributed by atoms with E-state index in [1.165, 1.54) is 16.5 Å². The van der Waals surface area contributed by atoms with Crippen LogP contribution >= 0.6 is 0 Å². The first-order chi connectivity index (χ1) is 11.3. The number of likely N-dealkylation sites (tertiary alicyclic amines) is 1. The number of hydrogen-bond acceptors (Lipinski definition) is 3. The molecule has 0 aromatic carbocycles. The van der Waals surface area contributed by atoms with Crippen molar-refractivity contribution < 1.29 is 23.1 Å². The number of alkyl halides is 3. The summed E-state index contributed by atoms with van der Waals surface area (Å²) in [6, 6.07) is 0. The normalized spacial score (nSPS) is 18.4. The molecule has 1 aromatic rings. The monoisotopic (exact) mass is 361 g/mol. The predicted octanol–water partition coefficient (Wildman–Crippen LogP) is 2.69. The number of aryl methyl sites for hydroxylation is 2. The van der Waals surface area contributed by atoms with Gasteiger partial charge in [-0.25, -0.2) is 0 Å². The van der Waals surface area contributed by atoms with Gasteiger partial charge in [-0.1, -0.05) is 13.8 Å². The fraction of sp³-hybridized carbons (Fsp3) is 0.765. The third kappa shape index (κ3) is 4.16. The fourth-order valence-corrected chi connectivity index (χ4v) is 3.71. The molecule has 8 heteroatoms. The molecule has 1 fully saturated rings. The molecule has 1 aliphatic rings. The molecule has 1 aliphatic heterocycles. The zero-order valence-electron chi connectivity index (χ0n) is 15.3. The van der Waals surface area contributed by atoms with Gasteiger partial charge in [0.05, 0.1) is 30.3 Å². The molecule has 0 aliphatic carbocycles. The summed E-state index contributed by atoms with van der Waals surface area (Å²) in [5.41, 5.74) is -0.207. The summed E-state index contributed by atoms with van der Waals surface area (Å²) in [6.45, 7) is 7.20. The Hall–Kier alpha value is -1.57. The molecule has 0 saturated carbocycles. The molecular formula is C17H26F3N3O2. The van der Waals surface area contributed by atoms with E-state index in [0.29, 0.717) is 12.1 Å². The first-order valence-corrected chi connectivity index (χ1v) is 8.41. The van der Waals surface area contributed by atoms with Crippen molar-refractivity contribution in [3.8, 4) is 0 Å². The first-order valence-electron chi connectivity index (χ1n) is 8.41. The quantitative estimate of drug-likeness (QED) is 0.877. The van der Waals surface area contributed by atoms with Crippen LogP contribution < -0.4 is 0 Å². The Morgan fingerprint density at radius 2 is 1.88 bits per heavy atom. The van der Waals surface area contributed by atoms with Crippen LogP contribution in [0.5, 0.6) is 0 Å². The molecule has 2 heterocycles. The van der Waals surface area contributed by atoms with Gasteiger partial charge in [-0.2, -0.15) is 18.3 Å². The Bertz CT molecular complexity index is 646. The molecule has 1 aromatic heterocycles. The van der Waals surface area contributed by atoms with Crippen LogP contribution in [-0.2, 0) is 11.8 Å². The van der Waals surface area contributed by atoms with E-state index in [0.717, 1.165) is 0 Å². The largest absolute Gasteiger partial charge is 0.396 e. The molecular weight excluding hydrogens is 335 g/mol. The molecule has 2 rings (SSSR count). The SMILES string of the molecule is Cc1nn(C)c(C)c1C(CC(=O)N1CC(O)(CC(C)C)C1)C(F)(F)F. The van der Waals surface area contributed by atoms with E-state index >= 15 is 0 Å². The summed E-state index contributed by atoms with van der Waals surface area (Å²) >= 11 is 0. The lowest BCUT2D eigenvalue weighted by atomic mass is 9.84. The van der Waals surface area contributed by atoms with Gasteiger partial charge in [0.2, 0.25) is 5.91 Å². The van der Waals surface area contributed by atoms with Crippen molar-refractivity contribution in [2.45, 2.75) is 58.2 Å². The summed E-state index contributed by atoms with van der Waals surface area (Å²) in [6.07, 6.45) is -4.66. The zero-order valence-corrected chi connectivity index (χ0v) is 15.3. The molecule has 142 valence electrons. The van der Waals surface area contributed by atoms with Crippen LogP contribution in [0.1, 0.15) is 49.6 Å². The van der Waals surface area contributed by atoms with E-state index in [9.17, 15) is 23.1 Å². The summed E-state index contributed by atoms with van der Waals surface area (Å²) in [5, 5.41) is 14.3. The minimum Gasteiger partial charge on any atom is -0.386 e. The standard InChI is InChI=1S/C17H26F3N3O2/c1-10(2)7-16(25)8-23(9-16)14(24)6-13(17(18,19)20)15-11(3)21-22(5)12(15)4/h10,13,25H,6-9H2,1-5H3. The highest BCUT2D eigenvalue weighted by molar-refractivity contribution is 5.78. The van der Waals surface area contributed by atoms with Gasteiger partial charge >= 0.3 is 6.18 Å². The number of halogens is 3. The Kier molecular flexibility index (Phi) is 5.23. The van der Waals surface area contributed by atoms with E-state index in [1.54, 1.807) is 14.0 Å². The Morgan fingerprint density at radius 3 is 2.28 bits per heavy atom. The van der Waals surface area contributed by atoms with E-state index in [2.05, 4.69) is 5.10 Å². The molecule has 25 heavy (non-hydrogen) atoms.